The van der Waals surface area contributed by atoms with Crippen LogP contribution in [0.25, 0.3) is 0 Å². The number of hydrogen-bond acceptors (Lipinski definition) is 4. The first-order chi connectivity index (χ1) is 12.5. The monoisotopic (exact) mass is 365 g/mol. The molecule has 2 aliphatic heterocycles. The zero-order valence-corrected chi connectivity index (χ0v) is 16.5. The second kappa shape index (κ2) is 8.59. The van der Waals surface area contributed by atoms with Gasteiger partial charge in [0.1, 0.15) is 5.60 Å². The Hall–Kier alpha value is -1.30. The van der Waals surface area contributed by atoms with Crippen LogP contribution in [0, 0.1) is 0 Å². The van der Waals surface area contributed by atoms with Gasteiger partial charge in [0, 0.05) is 44.9 Å². The van der Waals surface area contributed by atoms with Gasteiger partial charge in [0.15, 0.2) is 0 Å². The molecular weight excluding hydrogens is 330 g/mol. The molecule has 0 unspecified atom stereocenters. The Labute approximate surface area is 157 Å². The van der Waals surface area contributed by atoms with Crippen LogP contribution in [0.15, 0.2) is 0 Å². The van der Waals surface area contributed by atoms with Crippen LogP contribution in [0.4, 0.5) is 4.79 Å². The van der Waals surface area contributed by atoms with Crippen molar-refractivity contribution in [2.24, 2.45) is 0 Å². The summed E-state index contributed by atoms with van der Waals surface area (Å²) in [7, 11) is 2.22. The molecule has 26 heavy (non-hydrogen) atoms. The predicted molar refractivity (Wildman–Crippen MR) is 101 cm³/mol. The largest absolute Gasteiger partial charge is 0.441 e. The number of likely N-dealkylation sites (tertiary alicyclic amines) is 1. The van der Waals surface area contributed by atoms with E-state index in [0.29, 0.717) is 26.1 Å². The van der Waals surface area contributed by atoms with Crippen molar-refractivity contribution in [2.45, 2.75) is 76.4 Å². The predicted octanol–water partition coefficient (Wildman–Crippen LogP) is 2.86. The molecule has 148 valence electrons. The normalized spacial score (nSPS) is 23.7. The highest BCUT2D eigenvalue weighted by atomic mass is 16.6. The molecule has 6 nitrogen and oxygen atoms in total. The fourth-order valence-corrected chi connectivity index (χ4v) is 4.73. The van der Waals surface area contributed by atoms with Gasteiger partial charge in [-0.25, -0.2) is 4.79 Å². The Morgan fingerprint density at radius 3 is 2.58 bits per heavy atom. The molecule has 0 radical (unpaired) electrons. The van der Waals surface area contributed by atoms with Crippen LogP contribution in [-0.4, -0.2) is 78.1 Å². The Balaban J connectivity index is 1.41. The lowest BCUT2D eigenvalue weighted by atomic mass is 9.91. The zero-order chi connectivity index (χ0) is 18.6. The number of piperidine rings is 1. The van der Waals surface area contributed by atoms with Crippen molar-refractivity contribution < 1.29 is 14.3 Å². The van der Waals surface area contributed by atoms with Gasteiger partial charge < -0.3 is 19.4 Å². The highest BCUT2D eigenvalue weighted by molar-refractivity contribution is 5.76. The van der Waals surface area contributed by atoms with Gasteiger partial charge in [-0.15, -0.1) is 0 Å². The van der Waals surface area contributed by atoms with Gasteiger partial charge in [0.05, 0.1) is 6.54 Å². The van der Waals surface area contributed by atoms with Gasteiger partial charge in [-0.2, -0.15) is 0 Å². The molecule has 0 aromatic rings. The highest BCUT2D eigenvalue weighted by Crippen LogP contribution is 2.33. The van der Waals surface area contributed by atoms with E-state index in [1.165, 1.54) is 32.1 Å². The average molecular weight is 366 g/mol. The molecule has 0 aromatic heterocycles. The van der Waals surface area contributed by atoms with E-state index in [9.17, 15) is 9.59 Å². The van der Waals surface area contributed by atoms with E-state index in [1.807, 2.05) is 16.7 Å². The smallest absolute Gasteiger partial charge is 0.410 e. The van der Waals surface area contributed by atoms with Crippen LogP contribution >= 0.6 is 0 Å². The van der Waals surface area contributed by atoms with Gasteiger partial charge in [-0.1, -0.05) is 26.2 Å². The van der Waals surface area contributed by atoms with Gasteiger partial charge in [-0.3, -0.25) is 4.79 Å². The molecule has 0 N–H and O–H groups in total. The molecule has 3 fully saturated rings. The van der Waals surface area contributed by atoms with Crippen LogP contribution in [0.1, 0.15) is 64.7 Å². The van der Waals surface area contributed by atoms with Crippen LogP contribution in [0.5, 0.6) is 0 Å². The number of carbonyl (C=O) groups is 2. The van der Waals surface area contributed by atoms with E-state index in [-0.39, 0.29) is 17.6 Å². The van der Waals surface area contributed by atoms with Crippen molar-refractivity contribution in [1.82, 2.24) is 14.7 Å². The summed E-state index contributed by atoms with van der Waals surface area (Å²) >= 11 is 0. The molecular formula is C20H35N3O3. The summed E-state index contributed by atoms with van der Waals surface area (Å²) in [6.07, 6.45) is 9.64. The van der Waals surface area contributed by atoms with Gasteiger partial charge in [0.25, 0.3) is 0 Å². The number of rotatable bonds is 6. The number of ether oxygens (including phenoxy) is 1. The lowest BCUT2D eigenvalue weighted by molar-refractivity contribution is -0.134. The summed E-state index contributed by atoms with van der Waals surface area (Å²) in [5, 5.41) is 0. The van der Waals surface area contributed by atoms with Gasteiger partial charge >= 0.3 is 6.09 Å². The maximum absolute atomic E-state index is 12.3. The Morgan fingerprint density at radius 2 is 1.92 bits per heavy atom. The van der Waals surface area contributed by atoms with E-state index >= 15 is 0 Å². The van der Waals surface area contributed by atoms with Crippen molar-refractivity contribution in [3.05, 3.63) is 0 Å². The van der Waals surface area contributed by atoms with Crippen molar-refractivity contribution in [1.29, 1.82) is 0 Å². The minimum Gasteiger partial charge on any atom is -0.441 e. The topological polar surface area (TPSA) is 53.1 Å². The van der Waals surface area contributed by atoms with Crippen molar-refractivity contribution in [3.8, 4) is 0 Å². The first-order valence-corrected chi connectivity index (χ1v) is 10.5. The summed E-state index contributed by atoms with van der Waals surface area (Å²) in [4.78, 5) is 30.4. The Bertz CT molecular complexity index is 497. The summed E-state index contributed by atoms with van der Waals surface area (Å²) < 4.78 is 5.77. The number of nitrogens with zero attached hydrogens (tertiary/aromatic N) is 3. The third-order valence-corrected chi connectivity index (χ3v) is 6.51. The van der Waals surface area contributed by atoms with Crippen LogP contribution < -0.4 is 0 Å². The molecule has 2 saturated heterocycles. The van der Waals surface area contributed by atoms with Crippen LogP contribution in [0.2, 0.25) is 0 Å². The zero-order valence-electron chi connectivity index (χ0n) is 16.5. The maximum Gasteiger partial charge on any atom is 0.410 e. The third-order valence-electron chi connectivity index (χ3n) is 6.51. The SMILES string of the molecule is CCC(=O)N1CCC2(CC1)CN(CCCN(C)C1CCCCC1)C(=O)O2. The van der Waals surface area contributed by atoms with E-state index in [1.54, 1.807) is 0 Å². The van der Waals surface area contributed by atoms with E-state index in [4.69, 9.17) is 4.74 Å². The molecule has 1 aliphatic carbocycles. The van der Waals surface area contributed by atoms with E-state index < -0.39 is 0 Å². The van der Waals surface area contributed by atoms with Crippen molar-refractivity contribution in [3.63, 3.8) is 0 Å². The average Bonchev–Trinajstić information content (AvgIpc) is 2.97. The van der Waals surface area contributed by atoms with E-state index in [2.05, 4.69) is 11.9 Å². The lowest BCUT2D eigenvalue weighted by Crippen LogP contribution is -2.48. The number of amides is 2. The summed E-state index contributed by atoms with van der Waals surface area (Å²) in [5.41, 5.74) is -0.364. The second-order valence-corrected chi connectivity index (χ2v) is 8.33. The molecule has 0 atom stereocenters. The standard InChI is InChI=1S/C20H35N3O3/c1-3-18(24)22-14-10-20(11-15-22)16-23(19(25)26-20)13-7-12-21(2)17-8-5-4-6-9-17/h17H,3-16H2,1-2H3. The molecule has 0 bridgehead atoms. The molecule has 0 aromatic carbocycles. The van der Waals surface area contributed by atoms with Crippen LogP contribution in [0.3, 0.4) is 0 Å². The number of hydrogen-bond donors (Lipinski definition) is 0. The lowest BCUT2D eigenvalue weighted by Gasteiger charge is -2.37. The first-order valence-electron chi connectivity index (χ1n) is 10.5. The minimum atomic E-state index is -0.364. The molecule has 1 saturated carbocycles. The number of carbonyl (C=O) groups excluding carboxylic acids is 2. The van der Waals surface area contributed by atoms with E-state index in [0.717, 1.165) is 38.4 Å². The highest BCUT2D eigenvalue weighted by Gasteiger charge is 2.47. The quantitative estimate of drug-likeness (QED) is 0.726. The third kappa shape index (κ3) is 4.51. The summed E-state index contributed by atoms with van der Waals surface area (Å²) in [6.45, 7) is 5.81. The fraction of sp³-hybridized carbons (Fsp3) is 0.900. The second-order valence-electron chi connectivity index (χ2n) is 8.33. The Morgan fingerprint density at radius 1 is 1.23 bits per heavy atom. The maximum atomic E-state index is 12.3. The van der Waals surface area contributed by atoms with Crippen molar-refractivity contribution >= 4 is 12.0 Å². The van der Waals surface area contributed by atoms with Crippen LogP contribution in [-0.2, 0) is 9.53 Å². The van der Waals surface area contributed by atoms with Gasteiger partial charge in [-0.05, 0) is 32.9 Å². The molecule has 1 spiro atoms. The first kappa shape index (κ1) is 19.5. The van der Waals surface area contributed by atoms with Gasteiger partial charge in [0.2, 0.25) is 5.91 Å². The molecule has 2 amide bonds. The minimum absolute atomic E-state index is 0.166. The molecule has 2 heterocycles. The summed E-state index contributed by atoms with van der Waals surface area (Å²) in [5.74, 6) is 0.201. The molecule has 3 rings (SSSR count). The summed E-state index contributed by atoms with van der Waals surface area (Å²) in [6, 6.07) is 0.723. The molecule has 3 aliphatic rings. The molecule has 6 heteroatoms. The Kier molecular flexibility index (Phi) is 6.43. The van der Waals surface area contributed by atoms with Crippen molar-refractivity contribution in [2.75, 3.05) is 39.8 Å². The fourth-order valence-electron chi connectivity index (χ4n) is 4.73.